The highest BCUT2D eigenvalue weighted by Gasteiger charge is 2.56. The van der Waals surface area contributed by atoms with Gasteiger partial charge in [0.1, 0.15) is 24.4 Å². The number of rotatable bonds is 0. The van der Waals surface area contributed by atoms with Crippen molar-refractivity contribution in [3.8, 4) is 11.1 Å². The van der Waals surface area contributed by atoms with Crippen LogP contribution in [0.5, 0.6) is 0 Å². The lowest BCUT2D eigenvalue weighted by atomic mass is 9.74. The largest absolute Gasteiger partial charge is 0.359 e. The zero-order chi connectivity index (χ0) is 12.3. The number of benzene rings is 2. The van der Waals surface area contributed by atoms with Crippen molar-refractivity contribution in [2.24, 2.45) is 0 Å². The number of hydrogen-bond donors (Lipinski definition) is 0. The Bertz CT molecular complexity index is 763. The Kier molecular flexibility index (Phi) is 1.28. The van der Waals surface area contributed by atoms with Gasteiger partial charge in [-0.25, -0.2) is 0 Å². The standard InChI is InChI=1S/C17H12O2/c1-7-5-6-10-13-11(7)17-16(19-17)9-4-2-3-8(12(9)13)14-15(10)18-14/h2-6,14-17H,1H3/t14-,15+,16+,17-/m0/s1. The molecule has 0 N–H and O–H groups in total. The minimum atomic E-state index is 0.284. The number of fused-ring (bicyclic) bond motifs is 6. The van der Waals surface area contributed by atoms with Crippen LogP contribution in [0.3, 0.4) is 0 Å². The minimum Gasteiger partial charge on any atom is -0.359 e. The molecule has 0 aromatic heterocycles. The molecule has 2 aromatic carbocycles. The van der Waals surface area contributed by atoms with Crippen LogP contribution >= 0.6 is 0 Å². The van der Waals surface area contributed by atoms with Gasteiger partial charge in [0.2, 0.25) is 0 Å². The second kappa shape index (κ2) is 2.62. The first-order valence-corrected chi connectivity index (χ1v) is 6.92. The summed E-state index contributed by atoms with van der Waals surface area (Å²) >= 11 is 0. The van der Waals surface area contributed by atoms with Crippen molar-refractivity contribution in [2.75, 3.05) is 0 Å². The topological polar surface area (TPSA) is 25.1 Å². The highest BCUT2D eigenvalue weighted by Crippen LogP contribution is 2.68. The lowest BCUT2D eigenvalue weighted by molar-refractivity contribution is 0.375. The van der Waals surface area contributed by atoms with Crippen LogP contribution in [0.1, 0.15) is 52.2 Å². The highest BCUT2D eigenvalue weighted by molar-refractivity contribution is 5.85. The van der Waals surface area contributed by atoms with Gasteiger partial charge in [-0.05, 0) is 45.9 Å². The lowest BCUT2D eigenvalue weighted by Gasteiger charge is -2.26. The Morgan fingerprint density at radius 1 is 0.737 bits per heavy atom. The maximum atomic E-state index is 5.96. The molecule has 4 aliphatic rings. The molecule has 0 spiro atoms. The molecule has 2 saturated heterocycles. The molecule has 2 heteroatoms. The summed E-state index contributed by atoms with van der Waals surface area (Å²) in [4.78, 5) is 0. The first-order chi connectivity index (χ1) is 9.34. The van der Waals surface area contributed by atoms with E-state index in [2.05, 4.69) is 37.3 Å². The van der Waals surface area contributed by atoms with Crippen LogP contribution in [0.4, 0.5) is 0 Å². The quantitative estimate of drug-likeness (QED) is 0.660. The Hall–Kier alpha value is -1.64. The Labute approximate surface area is 111 Å². The third kappa shape index (κ3) is 0.896. The first kappa shape index (κ1) is 9.29. The van der Waals surface area contributed by atoms with E-state index in [1.165, 1.54) is 38.9 Å². The van der Waals surface area contributed by atoms with Gasteiger partial charge in [-0.1, -0.05) is 30.3 Å². The lowest BCUT2D eigenvalue weighted by Crippen LogP contribution is -2.10. The second-order valence-electron chi connectivity index (χ2n) is 6.03. The molecule has 0 radical (unpaired) electrons. The molecule has 4 atom stereocenters. The van der Waals surface area contributed by atoms with E-state index in [0.717, 1.165) is 0 Å². The molecule has 2 nitrogen and oxygen atoms in total. The van der Waals surface area contributed by atoms with Crippen molar-refractivity contribution in [2.45, 2.75) is 31.3 Å². The number of ether oxygens (including phenoxy) is 2. The van der Waals surface area contributed by atoms with E-state index in [1.54, 1.807) is 0 Å². The molecule has 2 heterocycles. The zero-order valence-electron chi connectivity index (χ0n) is 10.5. The van der Waals surface area contributed by atoms with Crippen molar-refractivity contribution in [1.82, 2.24) is 0 Å². The zero-order valence-corrected chi connectivity index (χ0v) is 10.5. The fourth-order valence-corrected chi connectivity index (χ4v) is 4.13. The van der Waals surface area contributed by atoms with E-state index in [1.807, 2.05) is 0 Å². The normalized spacial score (nSPS) is 34.2. The molecular formula is C17H12O2. The highest BCUT2D eigenvalue weighted by atomic mass is 16.6. The summed E-state index contributed by atoms with van der Waals surface area (Å²) < 4.78 is 11.9. The predicted octanol–water partition coefficient (Wildman–Crippen LogP) is 3.91. The summed E-state index contributed by atoms with van der Waals surface area (Å²) in [7, 11) is 0. The number of epoxide rings is 2. The van der Waals surface area contributed by atoms with E-state index in [0.29, 0.717) is 0 Å². The smallest absolute Gasteiger partial charge is 0.115 e. The summed E-state index contributed by atoms with van der Waals surface area (Å²) in [6, 6.07) is 11.1. The van der Waals surface area contributed by atoms with E-state index in [-0.39, 0.29) is 24.4 Å². The molecule has 2 fully saturated rings. The number of aryl methyl sites for hydroxylation is 1. The molecule has 92 valence electrons. The van der Waals surface area contributed by atoms with E-state index < -0.39 is 0 Å². The van der Waals surface area contributed by atoms with E-state index in [9.17, 15) is 0 Å². The van der Waals surface area contributed by atoms with Gasteiger partial charge in [-0.2, -0.15) is 0 Å². The van der Waals surface area contributed by atoms with Crippen LogP contribution in [0.15, 0.2) is 30.3 Å². The molecule has 2 aliphatic heterocycles. The molecule has 2 aromatic rings. The van der Waals surface area contributed by atoms with E-state index >= 15 is 0 Å². The maximum absolute atomic E-state index is 5.96. The molecular weight excluding hydrogens is 236 g/mol. The first-order valence-electron chi connectivity index (χ1n) is 6.92. The van der Waals surface area contributed by atoms with E-state index in [4.69, 9.17) is 9.47 Å². The Morgan fingerprint density at radius 3 is 2.16 bits per heavy atom. The third-order valence-electron chi connectivity index (χ3n) is 5.06. The summed E-state index contributed by atoms with van der Waals surface area (Å²) in [6.45, 7) is 2.20. The Balaban J connectivity index is 1.86. The van der Waals surface area contributed by atoms with Crippen LogP contribution < -0.4 is 0 Å². The van der Waals surface area contributed by atoms with Gasteiger partial charge in [0.15, 0.2) is 0 Å². The summed E-state index contributed by atoms with van der Waals surface area (Å²) in [6.07, 6.45) is 1.14. The average molecular weight is 248 g/mol. The van der Waals surface area contributed by atoms with Gasteiger partial charge in [0.05, 0.1) is 0 Å². The molecule has 0 amide bonds. The summed E-state index contributed by atoms with van der Waals surface area (Å²) in [5.74, 6) is 0. The molecule has 6 rings (SSSR count). The van der Waals surface area contributed by atoms with Crippen molar-refractivity contribution in [3.05, 3.63) is 58.1 Å². The maximum Gasteiger partial charge on any atom is 0.115 e. The molecule has 0 saturated carbocycles. The van der Waals surface area contributed by atoms with Crippen LogP contribution in [0, 0.1) is 6.92 Å². The van der Waals surface area contributed by atoms with Gasteiger partial charge in [0.25, 0.3) is 0 Å². The molecule has 0 unspecified atom stereocenters. The van der Waals surface area contributed by atoms with Crippen molar-refractivity contribution >= 4 is 0 Å². The summed E-state index contributed by atoms with van der Waals surface area (Å²) in [5.41, 5.74) is 9.71. The monoisotopic (exact) mass is 248 g/mol. The van der Waals surface area contributed by atoms with Gasteiger partial charge < -0.3 is 9.47 Å². The fourth-order valence-electron chi connectivity index (χ4n) is 4.13. The van der Waals surface area contributed by atoms with Crippen LogP contribution in [0.2, 0.25) is 0 Å². The van der Waals surface area contributed by atoms with Gasteiger partial charge >= 0.3 is 0 Å². The van der Waals surface area contributed by atoms with Crippen molar-refractivity contribution in [1.29, 1.82) is 0 Å². The van der Waals surface area contributed by atoms with Crippen molar-refractivity contribution in [3.63, 3.8) is 0 Å². The minimum absolute atomic E-state index is 0.284. The Morgan fingerprint density at radius 2 is 1.37 bits per heavy atom. The number of hydrogen-bond acceptors (Lipinski definition) is 2. The summed E-state index contributed by atoms with van der Waals surface area (Å²) in [5, 5.41) is 0. The van der Waals surface area contributed by atoms with Gasteiger partial charge in [-0.15, -0.1) is 0 Å². The molecule has 2 aliphatic carbocycles. The van der Waals surface area contributed by atoms with Gasteiger partial charge in [-0.3, -0.25) is 0 Å². The van der Waals surface area contributed by atoms with Crippen LogP contribution in [-0.4, -0.2) is 0 Å². The predicted molar refractivity (Wildman–Crippen MR) is 69.7 cm³/mol. The molecule has 19 heavy (non-hydrogen) atoms. The van der Waals surface area contributed by atoms with Crippen molar-refractivity contribution < 1.29 is 9.47 Å². The fraction of sp³-hybridized carbons (Fsp3) is 0.294. The van der Waals surface area contributed by atoms with Crippen LogP contribution in [0.25, 0.3) is 11.1 Å². The average Bonchev–Trinajstić information content (AvgIpc) is 3.31. The SMILES string of the molecule is Cc1ccc2c3c1[C@@H]1O[C@@H]1c1cccc(c1-3)[C@@H]1O[C@H]21. The van der Waals surface area contributed by atoms with Gasteiger partial charge in [0, 0.05) is 0 Å². The second-order valence-corrected chi connectivity index (χ2v) is 6.03. The third-order valence-corrected chi connectivity index (χ3v) is 5.06. The molecule has 0 bridgehead atoms. The van der Waals surface area contributed by atoms with Crippen LogP contribution in [-0.2, 0) is 9.47 Å².